The lowest BCUT2D eigenvalue weighted by Gasteiger charge is -2.10. The lowest BCUT2D eigenvalue weighted by molar-refractivity contribution is 0.0953. The maximum absolute atomic E-state index is 11.7. The van der Waals surface area contributed by atoms with Gasteiger partial charge in [-0.1, -0.05) is 35.9 Å². The summed E-state index contributed by atoms with van der Waals surface area (Å²) in [6.45, 7) is 0. The summed E-state index contributed by atoms with van der Waals surface area (Å²) in [6, 6.07) is 12.7. The van der Waals surface area contributed by atoms with E-state index < -0.39 is 0 Å². The normalized spacial score (nSPS) is 10.3. The van der Waals surface area contributed by atoms with Crippen LogP contribution in [0.15, 0.2) is 47.4 Å². The van der Waals surface area contributed by atoms with Crippen molar-refractivity contribution in [3.8, 4) is 0 Å². The number of hydrazine groups is 1. The standard InChI is InChI=1S/C14H14ClN3OS/c15-11-6-3-7-12(16)13(11)20-8-9-4-1-2-5-10(9)14(19)18-17/h1-7H,8,16-17H2,(H,18,19). The average molecular weight is 308 g/mol. The van der Waals surface area contributed by atoms with Gasteiger partial charge in [-0.2, -0.15) is 0 Å². The summed E-state index contributed by atoms with van der Waals surface area (Å²) in [5, 5.41) is 0.607. The molecule has 0 heterocycles. The Kier molecular flexibility index (Phi) is 4.89. The van der Waals surface area contributed by atoms with Gasteiger partial charge in [-0.05, 0) is 23.8 Å². The molecule has 2 rings (SSSR count). The molecule has 4 nitrogen and oxygen atoms in total. The molecule has 0 aliphatic heterocycles. The molecule has 104 valence electrons. The summed E-state index contributed by atoms with van der Waals surface area (Å²) in [6.07, 6.45) is 0. The molecular formula is C14H14ClN3OS. The van der Waals surface area contributed by atoms with Crippen LogP contribution in [-0.4, -0.2) is 5.91 Å². The lowest BCUT2D eigenvalue weighted by Crippen LogP contribution is -2.30. The summed E-state index contributed by atoms with van der Waals surface area (Å²) >= 11 is 7.62. The van der Waals surface area contributed by atoms with Crippen LogP contribution < -0.4 is 17.0 Å². The molecule has 0 saturated heterocycles. The van der Waals surface area contributed by atoms with Gasteiger partial charge in [0.2, 0.25) is 0 Å². The van der Waals surface area contributed by atoms with Crippen LogP contribution in [0.1, 0.15) is 15.9 Å². The first-order valence-electron chi connectivity index (χ1n) is 5.89. The van der Waals surface area contributed by atoms with Gasteiger partial charge in [0.25, 0.3) is 5.91 Å². The molecule has 0 aromatic heterocycles. The molecule has 1 amide bonds. The highest BCUT2D eigenvalue weighted by Gasteiger charge is 2.11. The van der Waals surface area contributed by atoms with Crippen LogP contribution in [0.25, 0.3) is 0 Å². The minimum absolute atomic E-state index is 0.312. The number of amides is 1. The van der Waals surface area contributed by atoms with Crippen molar-refractivity contribution in [3.05, 3.63) is 58.6 Å². The zero-order valence-corrected chi connectivity index (χ0v) is 12.2. The van der Waals surface area contributed by atoms with Crippen molar-refractivity contribution in [2.45, 2.75) is 10.6 Å². The van der Waals surface area contributed by atoms with E-state index in [0.717, 1.165) is 10.5 Å². The Bertz CT molecular complexity index is 613. The predicted octanol–water partition coefficient (Wildman–Crippen LogP) is 2.82. The number of halogens is 1. The van der Waals surface area contributed by atoms with E-state index in [1.807, 2.05) is 12.1 Å². The maximum Gasteiger partial charge on any atom is 0.265 e. The number of carbonyl (C=O) groups excluding carboxylic acids is 1. The third-order valence-electron chi connectivity index (χ3n) is 2.76. The Hall–Kier alpha value is -1.69. The summed E-state index contributed by atoms with van der Waals surface area (Å²) in [5.74, 6) is 5.45. The van der Waals surface area contributed by atoms with E-state index in [1.165, 1.54) is 11.8 Å². The Morgan fingerprint density at radius 1 is 1.20 bits per heavy atom. The van der Waals surface area contributed by atoms with Gasteiger partial charge in [-0.25, -0.2) is 5.84 Å². The van der Waals surface area contributed by atoms with Crippen molar-refractivity contribution in [1.82, 2.24) is 5.43 Å². The molecule has 0 saturated carbocycles. The third kappa shape index (κ3) is 3.25. The molecular weight excluding hydrogens is 294 g/mol. The Balaban J connectivity index is 2.21. The molecule has 0 radical (unpaired) electrons. The van der Waals surface area contributed by atoms with E-state index in [-0.39, 0.29) is 5.91 Å². The fourth-order valence-electron chi connectivity index (χ4n) is 1.77. The number of hydrogen-bond acceptors (Lipinski definition) is 4. The molecule has 0 aliphatic rings. The molecule has 0 bridgehead atoms. The largest absolute Gasteiger partial charge is 0.398 e. The Morgan fingerprint density at radius 2 is 1.95 bits per heavy atom. The fraction of sp³-hybridized carbons (Fsp3) is 0.0714. The van der Waals surface area contributed by atoms with Gasteiger partial charge in [0.15, 0.2) is 0 Å². The molecule has 0 unspecified atom stereocenters. The lowest BCUT2D eigenvalue weighted by atomic mass is 10.1. The highest BCUT2D eigenvalue weighted by molar-refractivity contribution is 7.98. The number of nitrogens with two attached hydrogens (primary N) is 2. The minimum atomic E-state index is -0.312. The average Bonchev–Trinajstić information content (AvgIpc) is 2.46. The van der Waals surface area contributed by atoms with Crippen LogP contribution in [0, 0.1) is 0 Å². The van der Waals surface area contributed by atoms with Crippen LogP contribution in [0.5, 0.6) is 0 Å². The molecule has 0 atom stereocenters. The SMILES string of the molecule is NNC(=O)c1ccccc1CSc1c(N)cccc1Cl. The van der Waals surface area contributed by atoms with Crippen molar-refractivity contribution in [2.75, 3.05) is 5.73 Å². The quantitative estimate of drug-likeness (QED) is 0.267. The number of benzene rings is 2. The van der Waals surface area contributed by atoms with Crippen LogP contribution in [0.3, 0.4) is 0 Å². The number of nitrogen functional groups attached to an aromatic ring is 2. The van der Waals surface area contributed by atoms with Gasteiger partial charge < -0.3 is 5.73 Å². The van der Waals surface area contributed by atoms with Crippen LogP contribution in [0.2, 0.25) is 5.02 Å². The van der Waals surface area contributed by atoms with E-state index in [1.54, 1.807) is 30.3 Å². The first-order valence-corrected chi connectivity index (χ1v) is 7.25. The van der Waals surface area contributed by atoms with Crippen molar-refractivity contribution in [1.29, 1.82) is 0 Å². The van der Waals surface area contributed by atoms with E-state index >= 15 is 0 Å². The van der Waals surface area contributed by atoms with Gasteiger partial charge in [0, 0.05) is 21.9 Å². The topological polar surface area (TPSA) is 81.1 Å². The number of nitrogens with one attached hydrogen (secondary N) is 1. The molecule has 6 heteroatoms. The molecule has 0 spiro atoms. The minimum Gasteiger partial charge on any atom is -0.398 e. The van der Waals surface area contributed by atoms with Crippen molar-refractivity contribution in [2.24, 2.45) is 5.84 Å². The summed E-state index contributed by atoms with van der Waals surface area (Å²) in [4.78, 5) is 12.5. The zero-order valence-electron chi connectivity index (χ0n) is 10.6. The van der Waals surface area contributed by atoms with Crippen molar-refractivity contribution in [3.63, 3.8) is 0 Å². The number of thioether (sulfide) groups is 1. The molecule has 0 aliphatic carbocycles. The first-order chi connectivity index (χ1) is 9.63. The molecule has 2 aromatic carbocycles. The van der Waals surface area contributed by atoms with Crippen LogP contribution in [0.4, 0.5) is 5.69 Å². The molecule has 20 heavy (non-hydrogen) atoms. The van der Waals surface area contributed by atoms with E-state index in [4.69, 9.17) is 23.2 Å². The second-order valence-corrected chi connectivity index (χ2v) is 5.47. The zero-order chi connectivity index (χ0) is 14.5. The second-order valence-electron chi connectivity index (χ2n) is 4.08. The third-order valence-corrected chi connectivity index (χ3v) is 4.39. The van der Waals surface area contributed by atoms with E-state index in [9.17, 15) is 4.79 Å². The summed E-state index contributed by atoms with van der Waals surface area (Å²) in [7, 11) is 0. The van der Waals surface area contributed by atoms with Crippen LogP contribution in [-0.2, 0) is 5.75 Å². The monoisotopic (exact) mass is 307 g/mol. The number of hydrogen-bond donors (Lipinski definition) is 3. The Morgan fingerprint density at radius 3 is 2.65 bits per heavy atom. The van der Waals surface area contributed by atoms with Gasteiger partial charge in [0.05, 0.1) is 5.02 Å². The number of anilines is 1. The van der Waals surface area contributed by atoms with Gasteiger partial charge in [-0.15, -0.1) is 11.8 Å². The highest BCUT2D eigenvalue weighted by Crippen LogP contribution is 2.34. The second kappa shape index (κ2) is 6.65. The first kappa shape index (κ1) is 14.7. The molecule has 5 N–H and O–H groups in total. The van der Waals surface area contributed by atoms with Crippen molar-refractivity contribution >= 4 is 35.0 Å². The van der Waals surface area contributed by atoms with Gasteiger partial charge in [-0.3, -0.25) is 10.2 Å². The number of carbonyl (C=O) groups is 1. The van der Waals surface area contributed by atoms with Gasteiger partial charge in [0.1, 0.15) is 0 Å². The van der Waals surface area contributed by atoms with Crippen molar-refractivity contribution < 1.29 is 4.79 Å². The maximum atomic E-state index is 11.7. The predicted molar refractivity (Wildman–Crippen MR) is 83.5 cm³/mol. The smallest absolute Gasteiger partial charge is 0.265 e. The highest BCUT2D eigenvalue weighted by atomic mass is 35.5. The van der Waals surface area contributed by atoms with E-state index in [0.29, 0.717) is 22.0 Å². The van der Waals surface area contributed by atoms with Gasteiger partial charge >= 0.3 is 0 Å². The summed E-state index contributed by atoms with van der Waals surface area (Å²) in [5.41, 5.74) is 10.1. The van der Waals surface area contributed by atoms with Crippen LogP contribution >= 0.6 is 23.4 Å². The van der Waals surface area contributed by atoms with E-state index in [2.05, 4.69) is 5.43 Å². The Labute approximate surface area is 126 Å². The summed E-state index contributed by atoms with van der Waals surface area (Å²) < 4.78 is 0. The molecule has 0 fully saturated rings. The number of rotatable bonds is 4. The molecule has 2 aromatic rings. The fourth-order valence-corrected chi connectivity index (χ4v) is 3.11.